The second-order valence-corrected chi connectivity index (χ2v) is 7.99. The molecule has 0 spiro atoms. The van der Waals surface area contributed by atoms with Gasteiger partial charge in [0.25, 0.3) is 0 Å². The van der Waals surface area contributed by atoms with Gasteiger partial charge in [0.05, 0.1) is 10.5 Å². The van der Waals surface area contributed by atoms with Crippen molar-refractivity contribution >= 4 is 61.8 Å². The first-order chi connectivity index (χ1) is 9.65. The molecule has 106 valence electrons. The lowest BCUT2D eigenvalue weighted by atomic mass is 9.94. The Labute approximate surface area is 141 Å². The lowest BCUT2D eigenvalue weighted by Crippen LogP contribution is -2.13. The molecule has 2 heterocycles. The van der Waals surface area contributed by atoms with Crippen molar-refractivity contribution in [3.05, 3.63) is 38.4 Å². The van der Waals surface area contributed by atoms with Crippen LogP contribution < -0.4 is 0 Å². The number of fused-ring (bicyclic) bond motifs is 1. The number of nitrogens with zero attached hydrogens (tertiary/aromatic N) is 1. The first kappa shape index (κ1) is 15.0. The van der Waals surface area contributed by atoms with E-state index in [0.29, 0.717) is 11.1 Å². The molecular weight excluding hydrogens is 377 g/mol. The van der Waals surface area contributed by atoms with E-state index in [1.54, 1.807) is 0 Å². The summed E-state index contributed by atoms with van der Waals surface area (Å²) in [4.78, 5) is 4.50. The quantitative estimate of drug-likeness (QED) is 0.584. The highest BCUT2D eigenvalue weighted by molar-refractivity contribution is 9.10. The van der Waals surface area contributed by atoms with Crippen LogP contribution in [0.25, 0.3) is 10.9 Å². The Hall–Kier alpha value is 0.0400. The summed E-state index contributed by atoms with van der Waals surface area (Å²) in [6, 6.07) is 5.92. The molecule has 3 rings (SSSR count). The zero-order chi connectivity index (χ0) is 14.1. The summed E-state index contributed by atoms with van der Waals surface area (Å²) in [5, 5.41) is 2.30. The molecule has 0 N–H and O–H groups in total. The molecule has 20 heavy (non-hydrogen) atoms. The van der Waals surface area contributed by atoms with E-state index in [2.05, 4.69) is 20.9 Å². The van der Waals surface area contributed by atoms with Gasteiger partial charge in [0.1, 0.15) is 5.15 Å². The zero-order valence-corrected chi connectivity index (χ0v) is 14.7. The number of benzene rings is 1. The van der Waals surface area contributed by atoms with Crippen LogP contribution in [0.2, 0.25) is 10.2 Å². The molecule has 1 aliphatic rings. The van der Waals surface area contributed by atoms with E-state index in [1.165, 1.54) is 24.3 Å². The molecule has 0 unspecified atom stereocenters. The Bertz CT molecular complexity index is 641. The fourth-order valence-electron chi connectivity index (χ4n) is 2.62. The van der Waals surface area contributed by atoms with Gasteiger partial charge >= 0.3 is 0 Å². The summed E-state index contributed by atoms with van der Waals surface area (Å²) in [6.45, 7) is 0. The van der Waals surface area contributed by atoms with Gasteiger partial charge in [-0.05, 0) is 54.9 Å². The minimum Gasteiger partial charge on any atom is -0.236 e. The Morgan fingerprint density at radius 1 is 1.25 bits per heavy atom. The normalized spacial score (nSPS) is 16.8. The van der Waals surface area contributed by atoms with Crippen molar-refractivity contribution in [1.29, 1.82) is 0 Å². The SMILES string of the molecule is Clc1nc2ccc(Br)cc2c(Cl)c1CC1CCSCC1. The summed E-state index contributed by atoms with van der Waals surface area (Å²) in [5.74, 6) is 3.16. The van der Waals surface area contributed by atoms with Crippen molar-refractivity contribution in [3.8, 4) is 0 Å². The van der Waals surface area contributed by atoms with Gasteiger partial charge in [0.15, 0.2) is 0 Å². The predicted octanol–water partition coefficient (Wildman–Crippen LogP) is 5.99. The smallest absolute Gasteiger partial charge is 0.134 e. The van der Waals surface area contributed by atoms with Gasteiger partial charge in [-0.3, -0.25) is 0 Å². The number of halogens is 3. The fraction of sp³-hybridized carbons (Fsp3) is 0.400. The number of hydrogen-bond donors (Lipinski definition) is 0. The van der Waals surface area contributed by atoms with E-state index in [0.717, 1.165) is 32.4 Å². The van der Waals surface area contributed by atoms with E-state index >= 15 is 0 Å². The third kappa shape index (κ3) is 3.11. The number of thioether (sulfide) groups is 1. The largest absolute Gasteiger partial charge is 0.236 e. The number of pyridine rings is 1. The lowest BCUT2D eigenvalue weighted by Gasteiger charge is -2.22. The van der Waals surface area contributed by atoms with Crippen molar-refractivity contribution in [3.63, 3.8) is 0 Å². The van der Waals surface area contributed by atoms with E-state index < -0.39 is 0 Å². The maximum atomic E-state index is 6.59. The van der Waals surface area contributed by atoms with Crippen molar-refractivity contribution in [2.45, 2.75) is 19.3 Å². The van der Waals surface area contributed by atoms with E-state index in [9.17, 15) is 0 Å². The molecule has 1 aliphatic heterocycles. The Morgan fingerprint density at radius 3 is 2.75 bits per heavy atom. The molecule has 0 bridgehead atoms. The summed E-state index contributed by atoms with van der Waals surface area (Å²) < 4.78 is 1.01. The van der Waals surface area contributed by atoms with Crippen LogP contribution in [-0.2, 0) is 6.42 Å². The third-order valence-corrected chi connectivity index (χ3v) is 6.05. The van der Waals surface area contributed by atoms with Crippen LogP contribution in [0.3, 0.4) is 0 Å². The van der Waals surface area contributed by atoms with Gasteiger partial charge in [0, 0.05) is 15.4 Å². The van der Waals surface area contributed by atoms with Gasteiger partial charge in [0.2, 0.25) is 0 Å². The zero-order valence-electron chi connectivity index (χ0n) is 10.8. The fourth-order valence-corrected chi connectivity index (χ4v) is 4.82. The molecule has 1 saturated heterocycles. The number of aromatic nitrogens is 1. The van der Waals surface area contributed by atoms with E-state index in [1.807, 2.05) is 30.0 Å². The number of rotatable bonds is 2. The molecule has 1 nitrogen and oxygen atoms in total. The second kappa shape index (κ2) is 6.43. The molecule has 1 fully saturated rings. The van der Waals surface area contributed by atoms with Crippen molar-refractivity contribution in [2.24, 2.45) is 5.92 Å². The topological polar surface area (TPSA) is 12.9 Å². The molecule has 2 aromatic rings. The van der Waals surface area contributed by atoms with Gasteiger partial charge in [-0.15, -0.1) is 0 Å². The van der Waals surface area contributed by atoms with Crippen LogP contribution in [0.4, 0.5) is 0 Å². The molecule has 0 aliphatic carbocycles. The average molecular weight is 391 g/mol. The van der Waals surface area contributed by atoms with Crippen molar-refractivity contribution in [1.82, 2.24) is 4.98 Å². The van der Waals surface area contributed by atoms with Crippen molar-refractivity contribution in [2.75, 3.05) is 11.5 Å². The minimum absolute atomic E-state index is 0.558. The van der Waals surface area contributed by atoms with E-state index in [4.69, 9.17) is 23.2 Å². The highest BCUT2D eigenvalue weighted by Gasteiger charge is 2.19. The highest BCUT2D eigenvalue weighted by atomic mass is 79.9. The second-order valence-electron chi connectivity index (χ2n) is 5.12. The molecule has 0 radical (unpaired) electrons. The predicted molar refractivity (Wildman–Crippen MR) is 93.2 cm³/mol. The van der Waals surface area contributed by atoms with Crippen LogP contribution in [-0.4, -0.2) is 16.5 Å². The summed E-state index contributed by atoms with van der Waals surface area (Å²) in [7, 11) is 0. The average Bonchev–Trinajstić information content (AvgIpc) is 2.46. The van der Waals surface area contributed by atoms with Gasteiger partial charge in [-0.2, -0.15) is 11.8 Å². The van der Waals surface area contributed by atoms with Gasteiger partial charge in [-0.1, -0.05) is 39.1 Å². The highest BCUT2D eigenvalue weighted by Crippen LogP contribution is 2.36. The Morgan fingerprint density at radius 2 is 2.00 bits per heavy atom. The summed E-state index contributed by atoms with van der Waals surface area (Å²) in [5.41, 5.74) is 1.86. The van der Waals surface area contributed by atoms with Gasteiger partial charge < -0.3 is 0 Å². The monoisotopic (exact) mass is 389 g/mol. The maximum Gasteiger partial charge on any atom is 0.134 e. The third-order valence-electron chi connectivity index (χ3n) is 3.76. The van der Waals surface area contributed by atoms with Gasteiger partial charge in [-0.25, -0.2) is 4.98 Å². The first-order valence-electron chi connectivity index (χ1n) is 6.66. The molecule has 5 heteroatoms. The molecule has 0 atom stereocenters. The molecule has 1 aromatic carbocycles. The van der Waals surface area contributed by atoms with Crippen LogP contribution in [0.15, 0.2) is 22.7 Å². The lowest BCUT2D eigenvalue weighted by molar-refractivity contribution is 0.488. The molecule has 0 saturated carbocycles. The van der Waals surface area contributed by atoms with E-state index in [-0.39, 0.29) is 0 Å². The van der Waals surface area contributed by atoms with Crippen LogP contribution in [0, 0.1) is 5.92 Å². The Kier molecular flexibility index (Phi) is 4.81. The Balaban J connectivity index is 2.00. The maximum absolute atomic E-state index is 6.59. The van der Waals surface area contributed by atoms with Crippen LogP contribution in [0.5, 0.6) is 0 Å². The van der Waals surface area contributed by atoms with Crippen LogP contribution in [0.1, 0.15) is 18.4 Å². The van der Waals surface area contributed by atoms with Crippen molar-refractivity contribution < 1.29 is 0 Å². The standard InChI is InChI=1S/C15H14BrCl2NS/c16-10-1-2-13-11(8-10)14(17)12(15(18)19-13)7-9-3-5-20-6-4-9/h1-2,8-9H,3-7H2. The summed E-state index contributed by atoms with van der Waals surface area (Å²) >= 11 is 18.5. The summed E-state index contributed by atoms with van der Waals surface area (Å²) in [6.07, 6.45) is 3.43. The first-order valence-corrected chi connectivity index (χ1v) is 9.36. The number of hydrogen-bond acceptors (Lipinski definition) is 2. The van der Waals surface area contributed by atoms with Crippen LogP contribution >= 0.6 is 50.9 Å². The molecule has 0 amide bonds. The molecule has 1 aromatic heterocycles. The minimum atomic E-state index is 0.558. The molecular formula is C15H14BrCl2NS.